The van der Waals surface area contributed by atoms with Gasteiger partial charge >= 0.3 is 0 Å². The van der Waals surface area contributed by atoms with Crippen LogP contribution in [0.25, 0.3) is 11.0 Å². The third-order valence-corrected chi connectivity index (χ3v) is 4.94. The van der Waals surface area contributed by atoms with Gasteiger partial charge in [-0.3, -0.25) is 9.59 Å². The molecule has 0 atom stereocenters. The summed E-state index contributed by atoms with van der Waals surface area (Å²) in [6.45, 7) is -0.340. The SMILES string of the molecule is O=C(COc1ccc2c(=O)c(Oc3ccccc3Br)coc2c1)Nc1ccccc1F. The predicted molar refractivity (Wildman–Crippen MR) is 117 cm³/mol. The molecule has 1 N–H and O–H groups in total. The van der Waals surface area contributed by atoms with Gasteiger partial charge in [-0.15, -0.1) is 0 Å². The topological polar surface area (TPSA) is 77.8 Å². The molecule has 0 bridgehead atoms. The fraction of sp³-hybridized carbons (Fsp3) is 0.0435. The van der Waals surface area contributed by atoms with Gasteiger partial charge in [0.2, 0.25) is 11.2 Å². The van der Waals surface area contributed by atoms with Gasteiger partial charge in [-0.1, -0.05) is 24.3 Å². The molecular weight excluding hydrogens is 469 g/mol. The van der Waals surface area contributed by atoms with Crippen LogP contribution in [0.2, 0.25) is 0 Å². The van der Waals surface area contributed by atoms with E-state index in [4.69, 9.17) is 13.9 Å². The van der Waals surface area contributed by atoms with Gasteiger partial charge in [0.25, 0.3) is 5.91 Å². The maximum atomic E-state index is 13.6. The molecule has 0 saturated carbocycles. The second kappa shape index (κ2) is 9.01. The van der Waals surface area contributed by atoms with E-state index >= 15 is 0 Å². The highest BCUT2D eigenvalue weighted by atomic mass is 79.9. The molecule has 0 aliphatic carbocycles. The number of benzene rings is 3. The summed E-state index contributed by atoms with van der Waals surface area (Å²) in [4.78, 5) is 24.7. The average Bonchev–Trinajstić information content (AvgIpc) is 2.77. The monoisotopic (exact) mass is 483 g/mol. The Hall–Kier alpha value is -3.65. The summed E-state index contributed by atoms with van der Waals surface area (Å²) in [5.74, 6) is -0.223. The number of amides is 1. The minimum Gasteiger partial charge on any atom is -0.484 e. The molecule has 8 heteroatoms. The standard InChI is InChI=1S/C23H15BrFNO5/c24-16-5-1-4-8-19(16)31-21-12-30-20-11-14(9-10-15(20)23(21)28)29-13-22(27)26-18-7-3-2-6-17(18)25/h1-12H,13H2,(H,26,27). The fourth-order valence-electron chi connectivity index (χ4n) is 2.79. The molecule has 4 aromatic rings. The molecule has 0 saturated heterocycles. The summed E-state index contributed by atoms with van der Waals surface area (Å²) >= 11 is 3.36. The van der Waals surface area contributed by atoms with Gasteiger partial charge in [0.05, 0.1) is 15.5 Å². The first-order chi connectivity index (χ1) is 15.0. The van der Waals surface area contributed by atoms with Crippen LogP contribution < -0.4 is 20.2 Å². The van der Waals surface area contributed by atoms with Crippen LogP contribution in [0.15, 0.2) is 86.7 Å². The van der Waals surface area contributed by atoms with Crippen LogP contribution in [0.4, 0.5) is 10.1 Å². The van der Waals surface area contributed by atoms with Crippen LogP contribution in [0.1, 0.15) is 0 Å². The summed E-state index contributed by atoms with van der Waals surface area (Å²) in [5.41, 5.74) is -0.00414. The van der Waals surface area contributed by atoms with Crippen molar-refractivity contribution in [1.82, 2.24) is 0 Å². The zero-order valence-corrected chi connectivity index (χ0v) is 17.5. The molecule has 1 amide bonds. The molecule has 0 spiro atoms. The first kappa shape index (κ1) is 20.6. The van der Waals surface area contributed by atoms with E-state index in [1.54, 1.807) is 24.3 Å². The van der Waals surface area contributed by atoms with E-state index in [1.165, 1.54) is 42.7 Å². The Bertz CT molecular complexity index is 1320. The number of para-hydroxylation sites is 2. The molecule has 0 aliphatic heterocycles. The molecular formula is C23H15BrFNO5. The minimum atomic E-state index is -0.538. The number of ether oxygens (including phenoxy) is 2. The van der Waals surface area contributed by atoms with Crippen molar-refractivity contribution >= 4 is 38.5 Å². The zero-order valence-electron chi connectivity index (χ0n) is 15.9. The van der Waals surface area contributed by atoms with Gasteiger partial charge in [0, 0.05) is 6.07 Å². The third-order valence-electron chi connectivity index (χ3n) is 4.29. The minimum absolute atomic E-state index is 0.0392. The number of carbonyl (C=O) groups is 1. The molecule has 3 aromatic carbocycles. The normalized spacial score (nSPS) is 10.6. The van der Waals surface area contributed by atoms with Crippen molar-refractivity contribution in [3.63, 3.8) is 0 Å². The Morgan fingerprint density at radius 1 is 1.03 bits per heavy atom. The maximum Gasteiger partial charge on any atom is 0.262 e. The molecule has 0 fully saturated rings. The Labute approximate surface area is 184 Å². The second-order valence-electron chi connectivity index (χ2n) is 6.44. The molecule has 156 valence electrons. The number of rotatable bonds is 6. The average molecular weight is 484 g/mol. The third kappa shape index (κ3) is 4.75. The van der Waals surface area contributed by atoms with Gasteiger partial charge < -0.3 is 19.2 Å². The lowest BCUT2D eigenvalue weighted by Gasteiger charge is -2.09. The van der Waals surface area contributed by atoms with E-state index in [0.29, 0.717) is 21.4 Å². The lowest BCUT2D eigenvalue weighted by atomic mass is 10.2. The van der Waals surface area contributed by atoms with Crippen molar-refractivity contribution in [2.24, 2.45) is 0 Å². The first-order valence-corrected chi connectivity index (χ1v) is 9.96. The summed E-state index contributed by atoms with van der Waals surface area (Å²) in [7, 11) is 0. The molecule has 6 nitrogen and oxygen atoms in total. The van der Waals surface area contributed by atoms with Gasteiger partial charge in [-0.05, 0) is 52.3 Å². The van der Waals surface area contributed by atoms with E-state index in [2.05, 4.69) is 21.2 Å². The quantitative estimate of drug-likeness (QED) is 0.391. The van der Waals surface area contributed by atoms with Crippen molar-refractivity contribution in [1.29, 1.82) is 0 Å². The fourth-order valence-corrected chi connectivity index (χ4v) is 3.16. The highest BCUT2D eigenvalue weighted by molar-refractivity contribution is 9.10. The first-order valence-electron chi connectivity index (χ1n) is 9.16. The Kier molecular flexibility index (Phi) is 5.99. The van der Waals surface area contributed by atoms with Gasteiger partial charge in [-0.25, -0.2) is 4.39 Å². The predicted octanol–water partition coefficient (Wildman–Crippen LogP) is 5.50. The van der Waals surface area contributed by atoms with Crippen LogP contribution in [-0.4, -0.2) is 12.5 Å². The highest BCUT2D eigenvalue weighted by Gasteiger charge is 2.12. The van der Waals surface area contributed by atoms with Crippen molar-refractivity contribution < 1.29 is 23.1 Å². The Balaban J connectivity index is 1.47. The molecule has 0 aliphatic rings. The smallest absolute Gasteiger partial charge is 0.262 e. The van der Waals surface area contributed by atoms with Gasteiger partial charge in [0.15, 0.2) is 6.61 Å². The molecule has 4 rings (SSSR count). The molecule has 1 aromatic heterocycles. The van der Waals surface area contributed by atoms with Crippen molar-refractivity contribution in [3.8, 4) is 17.2 Å². The lowest BCUT2D eigenvalue weighted by molar-refractivity contribution is -0.118. The van der Waals surface area contributed by atoms with Crippen LogP contribution >= 0.6 is 15.9 Å². The van der Waals surface area contributed by atoms with Gasteiger partial charge in [-0.2, -0.15) is 0 Å². The van der Waals surface area contributed by atoms with E-state index in [9.17, 15) is 14.0 Å². The second-order valence-corrected chi connectivity index (χ2v) is 7.29. The highest BCUT2D eigenvalue weighted by Crippen LogP contribution is 2.29. The maximum absolute atomic E-state index is 13.6. The number of anilines is 1. The van der Waals surface area contributed by atoms with Gasteiger partial charge in [0.1, 0.15) is 29.2 Å². The van der Waals surface area contributed by atoms with E-state index in [0.717, 1.165) is 0 Å². The van der Waals surface area contributed by atoms with E-state index in [-0.39, 0.29) is 29.1 Å². The molecule has 0 unspecified atom stereocenters. The van der Waals surface area contributed by atoms with Crippen molar-refractivity contribution in [2.45, 2.75) is 0 Å². The van der Waals surface area contributed by atoms with E-state index in [1.807, 2.05) is 6.07 Å². The lowest BCUT2D eigenvalue weighted by Crippen LogP contribution is -2.20. The van der Waals surface area contributed by atoms with Crippen molar-refractivity contribution in [2.75, 3.05) is 11.9 Å². The number of halogens is 2. The van der Waals surface area contributed by atoms with E-state index < -0.39 is 11.7 Å². The summed E-state index contributed by atoms with van der Waals surface area (Å²) in [5, 5.41) is 2.73. The largest absolute Gasteiger partial charge is 0.484 e. The number of hydrogen-bond donors (Lipinski definition) is 1. The van der Waals surface area contributed by atoms with Crippen molar-refractivity contribution in [3.05, 3.63) is 93.5 Å². The summed E-state index contributed by atoms with van der Waals surface area (Å²) in [6.07, 6.45) is 1.22. The molecule has 0 radical (unpaired) electrons. The van der Waals surface area contributed by atoms with Crippen LogP contribution in [0.5, 0.6) is 17.2 Å². The summed E-state index contributed by atoms with van der Waals surface area (Å²) < 4.78 is 30.9. The van der Waals surface area contributed by atoms with Crippen LogP contribution in [0.3, 0.4) is 0 Å². The molecule has 31 heavy (non-hydrogen) atoms. The summed E-state index contributed by atoms with van der Waals surface area (Å²) in [6, 6.07) is 17.5. The number of nitrogens with one attached hydrogen (secondary N) is 1. The number of fused-ring (bicyclic) bond motifs is 1. The number of hydrogen-bond acceptors (Lipinski definition) is 5. The molecule has 1 heterocycles. The number of carbonyl (C=O) groups excluding carboxylic acids is 1. The Morgan fingerprint density at radius 3 is 2.61 bits per heavy atom. The zero-order chi connectivity index (χ0) is 21.8. The van der Waals surface area contributed by atoms with Crippen LogP contribution in [-0.2, 0) is 4.79 Å². The Morgan fingerprint density at radius 2 is 1.81 bits per heavy atom. The van der Waals surface area contributed by atoms with Crippen LogP contribution in [0, 0.1) is 5.82 Å².